The second-order valence-corrected chi connectivity index (χ2v) is 7.84. The maximum absolute atomic E-state index is 12.1. The molecule has 2 saturated heterocycles. The lowest BCUT2D eigenvalue weighted by molar-refractivity contribution is -0.122. The summed E-state index contributed by atoms with van der Waals surface area (Å²) in [5.41, 5.74) is 1.05. The molecular weight excluding hydrogens is 421 g/mol. The molecule has 0 aromatic heterocycles. The third kappa shape index (κ3) is 7.97. The van der Waals surface area contributed by atoms with Gasteiger partial charge >= 0.3 is 0 Å². The molecule has 3 rings (SSSR count). The van der Waals surface area contributed by atoms with E-state index in [1.807, 2.05) is 24.3 Å². The Balaban J connectivity index is 0.00000196. The minimum absolute atomic E-state index is 0. The molecule has 1 atom stereocenters. The van der Waals surface area contributed by atoms with Crippen molar-refractivity contribution in [3.05, 3.63) is 29.8 Å². The maximum Gasteiger partial charge on any atom is 0.238 e. The van der Waals surface area contributed by atoms with Gasteiger partial charge in [-0.1, -0.05) is 12.1 Å². The zero-order valence-electron chi connectivity index (χ0n) is 16.2. The minimum atomic E-state index is -0.0693. The first-order valence-corrected chi connectivity index (χ1v) is 10.5. The number of hydrogen-bond acceptors (Lipinski definition) is 6. The SMILES string of the molecule is CN(CCOc1cccc(CNC(=O)C2CSCN2)c1)C1CCOCC1.Cl.Cl. The van der Waals surface area contributed by atoms with Gasteiger partial charge in [0.1, 0.15) is 12.4 Å². The van der Waals surface area contributed by atoms with Gasteiger partial charge in [0.25, 0.3) is 0 Å². The fourth-order valence-corrected chi connectivity index (χ4v) is 4.18. The average Bonchev–Trinajstić information content (AvgIpc) is 3.22. The first-order valence-electron chi connectivity index (χ1n) is 9.31. The van der Waals surface area contributed by atoms with E-state index in [4.69, 9.17) is 9.47 Å². The van der Waals surface area contributed by atoms with E-state index in [1.54, 1.807) is 11.8 Å². The lowest BCUT2D eigenvalue weighted by Crippen LogP contribution is -2.41. The molecular formula is C19H31Cl2N3O3S. The molecule has 2 N–H and O–H groups in total. The van der Waals surface area contributed by atoms with Crippen LogP contribution in [0.25, 0.3) is 0 Å². The number of hydrogen-bond donors (Lipinski definition) is 2. The van der Waals surface area contributed by atoms with E-state index in [0.717, 1.165) is 55.5 Å². The van der Waals surface area contributed by atoms with Crippen molar-refractivity contribution < 1.29 is 14.3 Å². The maximum atomic E-state index is 12.1. The summed E-state index contributed by atoms with van der Waals surface area (Å²) in [7, 11) is 2.15. The summed E-state index contributed by atoms with van der Waals surface area (Å²) < 4.78 is 11.3. The first kappa shape index (κ1) is 25.3. The number of nitrogens with one attached hydrogen (secondary N) is 2. The summed E-state index contributed by atoms with van der Waals surface area (Å²) in [6, 6.07) is 8.48. The molecule has 1 unspecified atom stereocenters. The number of rotatable bonds is 8. The standard InChI is InChI=1S/C19H29N3O3S.2ClH/c1-22(16-5-8-24-9-6-16)7-10-25-17-4-2-3-15(11-17)12-20-19(23)18-13-26-14-21-18;;/h2-4,11,16,18,21H,5-10,12-14H2,1H3,(H,20,23);2*1H. The summed E-state index contributed by atoms with van der Waals surface area (Å²) in [6.07, 6.45) is 2.19. The highest BCUT2D eigenvalue weighted by Crippen LogP contribution is 2.15. The van der Waals surface area contributed by atoms with Crippen LogP contribution < -0.4 is 15.4 Å². The molecule has 0 radical (unpaired) electrons. The fourth-order valence-electron chi connectivity index (χ4n) is 3.24. The molecule has 0 bridgehead atoms. The number of ether oxygens (including phenoxy) is 2. The van der Waals surface area contributed by atoms with Crippen molar-refractivity contribution in [1.82, 2.24) is 15.5 Å². The number of likely N-dealkylation sites (N-methyl/N-ethyl adjacent to an activating group) is 1. The van der Waals surface area contributed by atoms with Gasteiger partial charge in [-0.25, -0.2) is 0 Å². The van der Waals surface area contributed by atoms with Gasteiger partial charge in [0.05, 0.1) is 6.04 Å². The number of carbonyl (C=O) groups excluding carboxylic acids is 1. The average molecular weight is 452 g/mol. The Bertz CT molecular complexity index is 585. The summed E-state index contributed by atoms with van der Waals surface area (Å²) >= 11 is 1.75. The molecule has 1 aromatic rings. The Labute approximate surface area is 184 Å². The highest BCUT2D eigenvalue weighted by Gasteiger charge is 2.22. The van der Waals surface area contributed by atoms with Crippen molar-refractivity contribution in [2.75, 3.05) is 45.0 Å². The molecule has 0 spiro atoms. The van der Waals surface area contributed by atoms with E-state index in [0.29, 0.717) is 19.2 Å². The largest absolute Gasteiger partial charge is 0.492 e. The van der Waals surface area contributed by atoms with Crippen LogP contribution >= 0.6 is 36.6 Å². The Kier molecular flexibility index (Phi) is 12.2. The van der Waals surface area contributed by atoms with Crippen LogP contribution in [0.2, 0.25) is 0 Å². The van der Waals surface area contributed by atoms with Crippen molar-refractivity contribution in [3.63, 3.8) is 0 Å². The molecule has 1 aromatic carbocycles. The lowest BCUT2D eigenvalue weighted by Gasteiger charge is -2.31. The fraction of sp³-hybridized carbons (Fsp3) is 0.632. The summed E-state index contributed by atoms with van der Waals surface area (Å²) in [4.78, 5) is 14.4. The van der Waals surface area contributed by atoms with Gasteiger partial charge < -0.3 is 14.8 Å². The molecule has 2 heterocycles. The van der Waals surface area contributed by atoms with Crippen molar-refractivity contribution >= 4 is 42.5 Å². The van der Waals surface area contributed by atoms with Crippen LogP contribution in [0.4, 0.5) is 0 Å². The predicted molar refractivity (Wildman–Crippen MR) is 119 cm³/mol. The quantitative estimate of drug-likeness (QED) is 0.631. The highest BCUT2D eigenvalue weighted by molar-refractivity contribution is 7.99. The zero-order chi connectivity index (χ0) is 18.2. The minimum Gasteiger partial charge on any atom is -0.492 e. The summed E-state index contributed by atoms with van der Waals surface area (Å²) in [6.45, 7) is 3.81. The predicted octanol–water partition coefficient (Wildman–Crippen LogP) is 2.30. The van der Waals surface area contributed by atoms with Crippen LogP contribution in [0, 0.1) is 0 Å². The van der Waals surface area contributed by atoms with E-state index >= 15 is 0 Å². The smallest absolute Gasteiger partial charge is 0.238 e. The van der Waals surface area contributed by atoms with Gasteiger partial charge in [0.2, 0.25) is 5.91 Å². The number of carbonyl (C=O) groups is 1. The topological polar surface area (TPSA) is 62.8 Å². The molecule has 2 aliphatic rings. The molecule has 2 aliphatic heterocycles. The van der Waals surface area contributed by atoms with Crippen molar-refractivity contribution in [1.29, 1.82) is 0 Å². The van der Waals surface area contributed by atoms with Crippen LogP contribution in [0.1, 0.15) is 18.4 Å². The molecule has 0 aliphatic carbocycles. The normalized spacial score (nSPS) is 19.6. The lowest BCUT2D eigenvalue weighted by atomic mass is 10.1. The van der Waals surface area contributed by atoms with Gasteiger partial charge in [-0.3, -0.25) is 15.0 Å². The van der Waals surface area contributed by atoms with Crippen LogP contribution in [0.3, 0.4) is 0 Å². The molecule has 28 heavy (non-hydrogen) atoms. The third-order valence-corrected chi connectivity index (χ3v) is 5.86. The third-order valence-electron chi connectivity index (χ3n) is 4.92. The molecule has 2 fully saturated rings. The summed E-state index contributed by atoms with van der Waals surface area (Å²) in [5.74, 6) is 2.62. The molecule has 0 saturated carbocycles. The van der Waals surface area contributed by atoms with Crippen LogP contribution in [0.15, 0.2) is 24.3 Å². The zero-order valence-corrected chi connectivity index (χ0v) is 18.7. The van der Waals surface area contributed by atoms with Gasteiger partial charge in [-0.05, 0) is 37.6 Å². The van der Waals surface area contributed by atoms with E-state index < -0.39 is 0 Å². The molecule has 1 amide bonds. The molecule has 6 nitrogen and oxygen atoms in total. The Morgan fingerprint density at radius 3 is 2.86 bits per heavy atom. The second kappa shape index (κ2) is 13.5. The van der Waals surface area contributed by atoms with Crippen LogP contribution in [-0.2, 0) is 16.1 Å². The van der Waals surface area contributed by atoms with Gasteiger partial charge in [-0.2, -0.15) is 0 Å². The first-order chi connectivity index (χ1) is 12.7. The van der Waals surface area contributed by atoms with Crippen molar-refractivity contribution in [2.45, 2.75) is 31.5 Å². The van der Waals surface area contributed by atoms with E-state index in [2.05, 4.69) is 22.6 Å². The van der Waals surface area contributed by atoms with Crippen molar-refractivity contribution in [2.24, 2.45) is 0 Å². The molecule has 160 valence electrons. The van der Waals surface area contributed by atoms with E-state index in [1.165, 1.54) is 0 Å². The number of nitrogens with zero attached hydrogens (tertiary/aromatic N) is 1. The number of amides is 1. The number of halogens is 2. The Morgan fingerprint density at radius 2 is 2.14 bits per heavy atom. The van der Waals surface area contributed by atoms with Gasteiger partial charge in [-0.15, -0.1) is 36.6 Å². The Morgan fingerprint density at radius 1 is 1.36 bits per heavy atom. The van der Waals surface area contributed by atoms with Crippen LogP contribution in [-0.4, -0.2) is 67.9 Å². The second-order valence-electron chi connectivity index (χ2n) is 6.81. The summed E-state index contributed by atoms with van der Waals surface area (Å²) in [5, 5.41) is 6.18. The van der Waals surface area contributed by atoms with Crippen molar-refractivity contribution in [3.8, 4) is 5.75 Å². The van der Waals surface area contributed by atoms with E-state index in [9.17, 15) is 4.79 Å². The number of benzene rings is 1. The van der Waals surface area contributed by atoms with Gasteiger partial charge in [0.15, 0.2) is 0 Å². The van der Waals surface area contributed by atoms with E-state index in [-0.39, 0.29) is 36.8 Å². The van der Waals surface area contributed by atoms with Crippen LogP contribution in [0.5, 0.6) is 5.75 Å². The Hall–Kier alpha value is -0.700. The van der Waals surface area contributed by atoms with Gasteiger partial charge in [0, 0.05) is 44.0 Å². The molecule has 9 heteroatoms. The number of thioether (sulfide) groups is 1. The highest BCUT2D eigenvalue weighted by atomic mass is 35.5. The monoisotopic (exact) mass is 451 g/mol.